The molecule has 2 aromatic rings. The average molecular weight is 529 g/mol. The number of ketones is 1. The van der Waals surface area contributed by atoms with Crippen LogP contribution in [0.1, 0.15) is 70.9 Å². The first kappa shape index (κ1) is 28.4. The second kappa shape index (κ2) is 10.9. The molecule has 9 heteroatoms. The number of oxazole rings is 1. The van der Waals surface area contributed by atoms with Crippen LogP contribution in [-0.2, 0) is 19.1 Å². The topological polar surface area (TPSA) is 134 Å². The maximum atomic E-state index is 13.6. The van der Waals surface area contributed by atoms with Crippen molar-refractivity contribution in [3.05, 3.63) is 42.3 Å². The number of hydrogen-bond donors (Lipinski definition) is 3. The molecule has 3 heterocycles. The molecule has 2 saturated heterocycles. The zero-order valence-corrected chi connectivity index (χ0v) is 22.9. The van der Waals surface area contributed by atoms with Crippen LogP contribution in [0.25, 0.3) is 11.1 Å². The van der Waals surface area contributed by atoms with Crippen molar-refractivity contribution in [3.8, 4) is 0 Å². The molecule has 0 bridgehead atoms. The standard InChI is InChI=1S/C29H40N2O7/c1-7-8-19-26(34)16(2)36-12-11-29(6)24(38-29)14-20(18-9-10-22-21(13-18)30-17(3)37-22)31-25(33)15-23(32)28(4,5)27(19)35/h7,9-10,13,16,19-20,23-24,26,32,34H,1,8,11-12,14-15H2,2-6H3,(H,31,33)/t16-,19-,20+,23+,24+,26-,29-/m1/s1. The maximum Gasteiger partial charge on any atom is 0.223 e. The number of ether oxygens (including phenoxy) is 2. The van der Waals surface area contributed by atoms with Gasteiger partial charge in [-0.2, -0.15) is 0 Å². The molecule has 1 amide bonds. The fraction of sp³-hybridized carbons (Fsp3) is 0.621. The van der Waals surface area contributed by atoms with Gasteiger partial charge in [0.05, 0.1) is 53.8 Å². The number of aliphatic hydroxyl groups is 2. The molecule has 3 N–H and O–H groups in total. The second-order valence-electron chi connectivity index (χ2n) is 11.5. The molecule has 2 fully saturated rings. The summed E-state index contributed by atoms with van der Waals surface area (Å²) in [5, 5.41) is 25.1. The van der Waals surface area contributed by atoms with E-state index in [2.05, 4.69) is 16.9 Å². The monoisotopic (exact) mass is 528 g/mol. The van der Waals surface area contributed by atoms with Crippen molar-refractivity contribution < 1.29 is 33.7 Å². The number of rotatable bonds is 3. The number of Topliss-reactive ketones (excluding diaryl/α,β-unsaturated/α-hetero) is 1. The third-order valence-electron chi connectivity index (χ3n) is 8.22. The summed E-state index contributed by atoms with van der Waals surface area (Å²) in [6.45, 7) is 12.8. The fourth-order valence-electron chi connectivity index (χ4n) is 5.36. The lowest BCUT2D eigenvalue weighted by molar-refractivity contribution is -0.147. The first-order chi connectivity index (χ1) is 17.9. The summed E-state index contributed by atoms with van der Waals surface area (Å²) >= 11 is 0. The highest BCUT2D eigenvalue weighted by molar-refractivity contribution is 5.88. The first-order valence-electron chi connectivity index (χ1n) is 13.3. The first-order valence-corrected chi connectivity index (χ1v) is 13.3. The largest absolute Gasteiger partial charge is 0.441 e. The molecule has 0 unspecified atom stereocenters. The minimum Gasteiger partial charge on any atom is -0.441 e. The number of aliphatic hydroxyl groups excluding tert-OH is 2. The Balaban J connectivity index is 1.63. The van der Waals surface area contributed by atoms with Crippen LogP contribution < -0.4 is 5.32 Å². The van der Waals surface area contributed by atoms with Crippen LogP contribution in [0.3, 0.4) is 0 Å². The summed E-state index contributed by atoms with van der Waals surface area (Å²) in [6.07, 6.45) is -0.427. The number of aromatic nitrogens is 1. The molecule has 1 aromatic carbocycles. The van der Waals surface area contributed by atoms with Crippen LogP contribution in [0.15, 0.2) is 35.3 Å². The fourth-order valence-corrected chi connectivity index (χ4v) is 5.36. The van der Waals surface area contributed by atoms with E-state index in [1.165, 1.54) is 0 Å². The summed E-state index contributed by atoms with van der Waals surface area (Å²) in [4.78, 5) is 31.2. The van der Waals surface area contributed by atoms with Gasteiger partial charge in [0.2, 0.25) is 5.91 Å². The molecular formula is C29H40N2O7. The maximum absolute atomic E-state index is 13.6. The predicted octanol–water partition coefficient (Wildman–Crippen LogP) is 3.55. The molecule has 7 atom stereocenters. The molecule has 38 heavy (non-hydrogen) atoms. The van der Waals surface area contributed by atoms with Crippen molar-refractivity contribution in [2.24, 2.45) is 11.3 Å². The Bertz CT molecular complexity index is 1190. The molecule has 0 aliphatic carbocycles. The molecule has 0 radical (unpaired) electrons. The Labute approximate surface area is 223 Å². The molecule has 4 rings (SSSR count). The summed E-state index contributed by atoms with van der Waals surface area (Å²) < 4.78 is 17.6. The molecule has 2 aliphatic heterocycles. The minimum absolute atomic E-state index is 0.115. The summed E-state index contributed by atoms with van der Waals surface area (Å²) in [5.74, 6) is -0.990. The highest BCUT2D eigenvalue weighted by Crippen LogP contribution is 2.44. The van der Waals surface area contributed by atoms with Gasteiger partial charge in [-0.25, -0.2) is 4.98 Å². The highest BCUT2D eigenvalue weighted by Gasteiger charge is 2.53. The highest BCUT2D eigenvalue weighted by atomic mass is 16.6. The van der Waals surface area contributed by atoms with E-state index < -0.39 is 41.3 Å². The van der Waals surface area contributed by atoms with Crippen molar-refractivity contribution >= 4 is 22.8 Å². The van der Waals surface area contributed by atoms with Gasteiger partial charge in [0.15, 0.2) is 11.5 Å². The van der Waals surface area contributed by atoms with Crippen LogP contribution in [0.4, 0.5) is 0 Å². The quantitative estimate of drug-likeness (QED) is 0.407. The van der Waals surface area contributed by atoms with Gasteiger partial charge in [0, 0.05) is 26.4 Å². The number of benzene rings is 1. The number of aryl methyl sites for hydroxylation is 1. The Morgan fingerprint density at radius 2 is 1.97 bits per heavy atom. The van der Waals surface area contributed by atoms with Crippen molar-refractivity contribution in [1.29, 1.82) is 0 Å². The minimum atomic E-state index is -1.28. The van der Waals surface area contributed by atoms with Gasteiger partial charge in [-0.1, -0.05) is 26.0 Å². The Hall–Kier alpha value is -2.59. The van der Waals surface area contributed by atoms with E-state index in [9.17, 15) is 19.8 Å². The molecule has 0 spiro atoms. The third kappa shape index (κ3) is 5.86. The van der Waals surface area contributed by atoms with Crippen molar-refractivity contribution in [2.45, 2.75) is 96.4 Å². The number of allylic oxidation sites excluding steroid dienone is 1. The molecule has 208 valence electrons. The normalized spacial score (nSPS) is 34.9. The van der Waals surface area contributed by atoms with Crippen LogP contribution >= 0.6 is 0 Å². The summed E-state index contributed by atoms with van der Waals surface area (Å²) in [7, 11) is 0. The van der Waals surface area contributed by atoms with Crippen LogP contribution in [0, 0.1) is 18.3 Å². The van der Waals surface area contributed by atoms with Crippen LogP contribution in [0.2, 0.25) is 0 Å². The average Bonchev–Trinajstić information content (AvgIpc) is 3.32. The van der Waals surface area contributed by atoms with Gasteiger partial charge in [-0.05, 0) is 38.0 Å². The van der Waals surface area contributed by atoms with Crippen molar-refractivity contribution in [1.82, 2.24) is 10.3 Å². The van der Waals surface area contributed by atoms with Crippen molar-refractivity contribution in [2.75, 3.05) is 6.61 Å². The number of carbonyl (C=O) groups is 2. The lowest BCUT2D eigenvalue weighted by atomic mass is 9.72. The molecular weight excluding hydrogens is 488 g/mol. The lowest BCUT2D eigenvalue weighted by Crippen LogP contribution is -2.48. The van der Waals surface area contributed by atoms with Gasteiger partial charge < -0.3 is 29.4 Å². The van der Waals surface area contributed by atoms with Gasteiger partial charge in [-0.3, -0.25) is 9.59 Å². The van der Waals surface area contributed by atoms with E-state index in [1.807, 2.05) is 25.1 Å². The SMILES string of the molecule is C=CC[C@H]1C(=O)C(C)(C)[C@@H](O)CC(=O)N[C@H](c2ccc3oc(C)nc3c2)C[C@@H]2O[C@]2(C)CCO[C@H](C)[C@H]1O. The number of fused-ring (bicyclic) bond motifs is 2. The Morgan fingerprint density at radius 3 is 2.68 bits per heavy atom. The molecule has 1 aromatic heterocycles. The van der Waals surface area contributed by atoms with E-state index in [0.717, 1.165) is 5.56 Å². The van der Waals surface area contributed by atoms with E-state index in [0.29, 0.717) is 36.4 Å². The number of epoxide rings is 1. The van der Waals surface area contributed by atoms with Gasteiger partial charge in [0.1, 0.15) is 11.3 Å². The number of hydrogen-bond acceptors (Lipinski definition) is 8. The van der Waals surface area contributed by atoms with E-state index in [-0.39, 0.29) is 30.6 Å². The molecule has 2 aliphatic rings. The Morgan fingerprint density at radius 1 is 1.24 bits per heavy atom. The lowest BCUT2D eigenvalue weighted by Gasteiger charge is -2.35. The summed E-state index contributed by atoms with van der Waals surface area (Å²) in [5.41, 5.74) is 0.491. The van der Waals surface area contributed by atoms with Crippen molar-refractivity contribution in [3.63, 3.8) is 0 Å². The van der Waals surface area contributed by atoms with Crippen LogP contribution in [-0.4, -0.2) is 63.5 Å². The van der Waals surface area contributed by atoms with E-state index in [1.54, 1.807) is 33.8 Å². The Kier molecular flexibility index (Phi) is 8.14. The predicted molar refractivity (Wildman–Crippen MR) is 141 cm³/mol. The van der Waals surface area contributed by atoms with Crippen LogP contribution in [0.5, 0.6) is 0 Å². The molecule has 9 nitrogen and oxygen atoms in total. The second-order valence-corrected chi connectivity index (χ2v) is 11.5. The van der Waals surface area contributed by atoms with Gasteiger partial charge in [-0.15, -0.1) is 6.58 Å². The smallest absolute Gasteiger partial charge is 0.223 e. The number of carbonyl (C=O) groups excluding carboxylic acids is 2. The van der Waals surface area contributed by atoms with E-state index in [4.69, 9.17) is 13.9 Å². The molecule has 0 saturated carbocycles. The van der Waals surface area contributed by atoms with Gasteiger partial charge >= 0.3 is 0 Å². The number of nitrogens with zero attached hydrogens (tertiary/aromatic N) is 1. The van der Waals surface area contributed by atoms with E-state index >= 15 is 0 Å². The summed E-state index contributed by atoms with van der Waals surface area (Å²) in [6, 6.07) is 5.22. The number of nitrogens with one attached hydrogen (secondary N) is 1. The number of amides is 1. The zero-order valence-electron chi connectivity index (χ0n) is 22.9. The zero-order chi connectivity index (χ0) is 27.8. The van der Waals surface area contributed by atoms with Gasteiger partial charge in [0.25, 0.3) is 0 Å². The third-order valence-corrected chi connectivity index (χ3v) is 8.22.